The van der Waals surface area contributed by atoms with Crippen LogP contribution in [0.5, 0.6) is 0 Å². The summed E-state index contributed by atoms with van der Waals surface area (Å²) in [6.07, 6.45) is 3.88. The third kappa shape index (κ3) is 3.15. The van der Waals surface area contributed by atoms with Crippen LogP contribution in [0.3, 0.4) is 0 Å². The van der Waals surface area contributed by atoms with Gasteiger partial charge in [0.05, 0.1) is 5.69 Å². The van der Waals surface area contributed by atoms with E-state index >= 15 is 0 Å². The van der Waals surface area contributed by atoms with Gasteiger partial charge in [-0.3, -0.25) is 5.32 Å². The van der Waals surface area contributed by atoms with Crippen molar-refractivity contribution in [3.05, 3.63) is 22.3 Å². The van der Waals surface area contributed by atoms with Gasteiger partial charge in [0, 0.05) is 29.3 Å². The number of nitrogens with zero attached hydrogens (tertiary/aromatic N) is 4. The highest BCUT2D eigenvalue weighted by molar-refractivity contribution is 7.16. The van der Waals surface area contributed by atoms with Crippen LogP contribution in [0.25, 0.3) is 0 Å². The topological polar surface area (TPSA) is 84.2 Å². The second kappa shape index (κ2) is 6.09. The Morgan fingerprint density at radius 3 is 2.72 bits per heavy atom. The number of carbonyl (C=O) groups is 1. The zero-order chi connectivity index (χ0) is 17.6. The number of amides is 2. The second-order valence-electron chi connectivity index (χ2n) is 7.55. The maximum absolute atomic E-state index is 12.5. The van der Waals surface area contributed by atoms with Gasteiger partial charge in [0.25, 0.3) is 0 Å². The molecule has 4 rings (SSSR count). The molecular formula is C17H23N5O2S. The highest BCUT2D eigenvalue weighted by Crippen LogP contribution is 2.42. The van der Waals surface area contributed by atoms with Crippen LogP contribution in [0.2, 0.25) is 0 Å². The van der Waals surface area contributed by atoms with E-state index in [0.717, 1.165) is 36.5 Å². The van der Waals surface area contributed by atoms with Gasteiger partial charge in [-0.05, 0) is 32.6 Å². The van der Waals surface area contributed by atoms with Gasteiger partial charge < -0.3 is 9.42 Å². The summed E-state index contributed by atoms with van der Waals surface area (Å²) in [6.45, 7) is 7.63. The molecule has 8 heteroatoms. The first-order valence-corrected chi connectivity index (χ1v) is 9.60. The van der Waals surface area contributed by atoms with Crippen molar-refractivity contribution in [1.29, 1.82) is 0 Å². The molecule has 0 saturated carbocycles. The molecule has 0 aromatic carbocycles. The molecule has 1 aliphatic heterocycles. The smallest absolute Gasteiger partial charge is 0.323 e. The van der Waals surface area contributed by atoms with E-state index < -0.39 is 0 Å². The van der Waals surface area contributed by atoms with Crippen LogP contribution in [0.4, 0.5) is 9.93 Å². The first kappa shape index (κ1) is 16.5. The Bertz CT molecular complexity index is 789. The van der Waals surface area contributed by atoms with Gasteiger partial charge in [0.1, 0.15) is 0 Å². The minimum Gasteiger partial charge on any atom is -0.339 e. The van der Waals surface area contributed by atoms with E-state index in [2.05, 4.69) is 34.3 Å². The number of carbonyl (C=O) groups excluding carboxylic acids is 1. The fraction of sp³-hybridized carbons (Fsp3) is 0.647. The molecule has 0 bridgehead atoms. The highest BCUT2D eigenvalue weighted by atomic mass is 32.1. The third-order valence-electron chi connectivity index (χ3n) is 5.20. The molecule has 2 amide bonds. The van der Waals surface area contributed by atoms with Crippen molar-refractivity contribution in [1.82, 2.24) is 20.0 Å². The normalized spacial score (nSPS) is 19.9. The molecule has 0 radical (unpaired) electrons. The van der Waals surface area contributed by atoms with Crippen LogP contribution < -0.4 is 5.32 Å². The molecule has 1 saturated heterocycles. The standard InChI is InChI=1S/C17H23N5O2S/c1-10-18-14(24-21-10)11-5-8-22(9-6-11)16(23)20-15-19-13-12(25-15)4-7-17(13,2)3/h11H,4-9H2,1-3H3,(H,19,20,23). The first-order valence-electron chi connectivity index (χ1n) is 8.79. The van der Waals surface area contributed by atoms with E-state index in [-0.39, 0.29) is 17.4 Å². The van der Waals surface area contributed by atoms with Crippen LogP contribution in [-0.4, -0.2) is 39.1 Å². The molecule has 134 valence electrons. The number of hydrogen-bond donors (Lipinski definition) is 1. The number of rotatable bonds is 2. The van der Waals surface area contributed by atoms with Crippen LogP contribution >= 0.6 is 11.3 Å². The summed E-state index contributed by atoms with van der Waals surface area (Å²) in [5.74, 6) is 1.60. The van der Waals surface area contributed by atoms with Gasteiger partial charge in [0.15, 0.2) is 11.0 Å². The average Bonchev–Trinajstić information content (AvgIpc) is 3.26. The van der Waals surface area contributed by atoms with E-state index in [0.29, 0.717) is 24.8 Å². The fourth-order valence-electron chi connectivity index (χ4n) is 3.63. The number of anilines is 1. The molecule has 2 aliphatic rings. The molecule has 1 aliphatic carbocycles. The molecule has 25 heavy (non-hydrogen) atoms. The Morgan fingerprint density at radius 2 is 2.08 bits per heavy atom. The summed E-state index contributed by atoms with van der Waals surface area (Å²) >= 11 is 1.61. The van der Waals surface area contributed by atoms with Crippen LogP contribution in [0.15, 0.2) is 4.52 Å². The molecular weight excluding hydrogens is 338 g/mol. The van der Waals surface area contributed by atoms with Crippen LogP contribution in [0, 0.1) is 6.92 Å². The summed E-state index contributed by atoms with van der Waals surface area (Å²) in [5, 5.41) is 7.55. The average molecular weight is 361 g/mol. The lowest BCUT2D eigenvalue weighted by atomic mass is 9.91. The van der Waals surface area contributed by atoms with Crippen molar-refractivity contribution in [2.24, 2.45) is 0 Å². The highest BCUT2D eigenvalue weighted by Gasteiger charge is 2.34. The zero-order valence-electron chi connectivity index (χ0n) is 14.8. The van der Waals surface area contributed by atoms with E-state index in [1.165, 1.54) is 4.88 Å². The van der Waals surface area contributed by atoms with Crippen molar-refractivity contribution in [3.8, 4) is 0 Å². The number of hydrogen-bond acceptors (Lipinski definition) is 6. The van der Waals surface area contributed by atoms with Crippen molar-refractivity contribution in [2.75, 3.05) is 18.4 Å². The molecule has 2 aromatic heterocycles. The predicted octanol–water partition coefficient (Wildman–Crippen LogP) is 3.47. The Labute approximate surface area is 150 Å². The van der Waals surface area contributed by atoms with E-state index in [1.54, 1.807) is 11.3 Å². The molecule has 0 unspecified atom stereocenters. The molecule has 7 nitrogen and oxygen atoms in total. The summed E-state index contributed by atoms with van der Waals surface area (Å²) < 4.78 is 5.26. The molecule has 0 atom stereocenters. The minimum absolute atomic E-state index is 0.0645. The largest absolute Gasteiger partial charge is 0.339 e. The number of piperidine rings is 1. The Morgan fingerprint density at radius 1 is 1.32 bits per heavy atom. The lowest BCUT2D eigenvalue weighted by Crippen LogP contribution is -2.40. The van der Waals surface area contributed by atoms with Crippen molar-refractivity contribution >= 4 is 22.5 Å². The van der Waals surface area contributed by atoms with Crippen LogP contribution in [-0.2, 0) is 11.8 Å². The van der Waals surface area contributed by atoms with Crippen molar-refractivity contribution in [3.63, 3.8) is 0 Å². The Hall–Kier alpha value is -1.96. The summed E-state index contributed by atoms with van der Waals surface area (Å²) in [5.41, 5.74) is 1.27. The van der Waals surface area contributed by atoms with Gasteiger partial charge in [-0.2, -0.15) is 4.98 Å². The quantitative estimate of drug-likeness (QED) is 0.885. The number of aryl methyl sites for hydroxylation is 2. The molecule has 3 heterocycles. The van der Waals surface area contributed by atoms with Gasteiger partial charge in [-0.15, -0.1) is 11.3 Å². The predicted molar refractivity (Wildman–Crippen MR) is 95.1 cm³/mol. The SMILES string of the molecule is Cc1noc(C2CCN(C(=O)Nc3nc4c(s3)CCC4(C)C)CC2)n1. The molecule has 2 aromatic rings. The maximum atomic E-state index is 12.5. The second-order valence-corrected chi connectivity index (χ2v) is 8.63. The van der Waals surface area contributed by atoms with Gasteiger partial charge >= 0.3 is 6.03 Å². The summed E-state index contributed by atoms with van der Waals surface area (Å²) in [6, 6.07) is -0.0645. The van der Waals surface area contributed by atoms with Crippen LogP contribution in [0.1, 0.15) is 61.3 Å². The van der Waals surface area contributed by atoms with E-state index in [4.69, 9.17) is 4.52 Å². The molecule has 1 fully saturated rings. The van der Waals surface area contributed by atoms with Gasteiger partial charge in [-0.25, -0.2) is 9.78 Å². The van der Waals surface area contributed by atoms with Gasteiger partial charge in [0.2, 0.25) is 5.89 Å². The molecule has 1 N–H and O–H groups in total. The number of thiazole rings is 1. The first-order chi connectivity index (χ1) is 11.9. The third-order valence-corrected chi connectivity index (χ3v) is 6.23. The lowest BCUT2D eigenvalue weighted by Gasteiger charge is -2.30. The number of fused-ring (bicyclic) bond motifs is 1. The fourth-order valence-corrected chi connectivity index (χ4v) is 4.76. The Balaban J connectivity index is 1.35. The number of nitrogens with one attached hydrogen (secondary N) is 1. The van der Waals surface area contributed by atoms with Gasteiger partial charge in [-0.1, -0.05) is 19.0 Å². The van der Waals surface area contributed by atoms with E-state index in [1.807, 2.05) is 11.8 Å². The summed E-state index contributed by atoms with van der Waals surface area (Å²) in [7, 11) is 0. The van der Waals surface area contributed by atoms with E-state index in [9.17, 15) is 4.79 Å². The maximum Gasteiger partial charge on any atom is 0.323 e. The lowest BCUT2D eigenvalue weighted by molar-refractivity contribution is 0.187. The Kier molecular flexibility index (Phi) is 4.02. The minimum atomic E-state index is -0.0645. The summed E-state index contributed by atoms with van der Waals surface area (Å²) in [4.78, 5) is 24.7. The monoisotopic (exact) mass is 361 g/mol. The van der Waals surface area contributed by atoms with Crippen molar-refractivity contribution < 1.29 is 9.32 Å². The molecule has 0 spiro atoms. The number of urea groups is 1. The number of likely N-dealkylation sites (tertiary alicyclic amines) is 1. The van der Waals surface area contributed by atoms with Crippen molar-refractivity contribution in [2.45, 2.75) is 57.8 Å². The number of aromatic nitrogens is 3. The zero-order valence-corrected chi connectivity index (χ0v) is 15.7.